The van der Waals surface area contributed by atoms with Crippen molar-refractivity contribution in [2.75, 3.05) is 0 Å². The fourth-order valence-electron chi connectivity index (χ4n) is 1.61. The second-order valence-corrected chi connectivity index (χ2v) is 4.72. The van der Waals surface area contributed by atoms with Crippen LogP contribution in [0.3, 0.4) is 0 Å². The van der Waals surface area contributed by atoms with Gasteiger partial charge in [-0.05, 0) is 24.6 Å². The summed E-state index contributed by atoms with van der Waals surface area (Å²) in [4.78, 5) is 11.8. The van der Waals surface area contributed by atoms with Crippen LogP contribution >= 0.6 is 15.9 Å². The Labute approximate surface area is 109 Å². The molecule has 4 heteroatoms. The smallest absolute Gasteiger partial charge is 0.162 e. The minimum absolute atomic E-state index is 0.185. The highest BCUT2D eigenvalue weighted by atomic mass is 79.9. The summed E-state index contributed by atoms with van der Waals surface area (Å²) in [5, 5.41) is 4.10. The fraction of sp³-hybridized carbons (Fsp3) is 0.231. The van der Waals surface area contributed by atoms with E-state index in [1.807, 2.05) is 41.2 Å². The number of carbonyl (C=O) groups excluding carboxylic acids is 1. The molecule has 0 aliphatic heterocycles. The van der Waals surface area contributed by atoms with Gasteiger partial charge in [0.2, 0.25) is 0 Å². The second kappa shape index (κ2) is 5.77. The Bertz CT molecular complexity index is 477. The number of nitrogens with zero attached hydrogens (tertiary/aromatic N) is 2. The molecule has 1 aromatic heterocycles. The van der Waals surface area contributed by atoms with Crippen molar-refractivity contribution in [2.45, 2.75) is 19.4 Å². The lowest BCUT2D eigenvalue weighted by Gasteiger charge is -2.02. The molecule has 17 heavy (non-hydrogen) atoms. The van der Waals surface area contributed by atoms with Crippen molar-refractivity contribution in [2.24, 2.45) is 0 Å². The summed E-state index contributed by atoms with van der Waals surface area (Å²) in [6, 6.07) is 9.36. The van der Waals surface area contributed by atoms with Gasteiger partial charge >= 0.3 is 0 Å². The van der Waals surface area contributed by atoms with E-state index in [2.05, 4.69) is 21.0 Å². The molecule has 0 unspecified atom stereocenters. The van der Waals surface area contributed by atoms with Gasteiger partial charge in [0, 0.05) is 35.4 Å². The van der Waals surface area contributed by atoms with Crippen LogP contribution in [0.5, 0.6) is 0 Å². The van der Waals surface area contributed by atoms with Crippen molar-refractivity contribution in [3.05, 3.63) is 52.8 Å². The van der Waals surface area contributed by atoms with Crippen LogP contribution in [0.4, 0.5) is 0 Å². The Balaban J connectivity index is 1.83. The lowest BCUT2D eigenvalue weighted by Crippen LogP contribution is -2.03. The number of halogens is 1. The van der Waals surface area contributed by atoms with Crippen LogP contribution in [0.25, 0.3) is 0 Å². The van der Waals surface area contributed by atoms with Gasteiger partial charge in [0.1, 0.15) is 0 Å². The van der Waals surface area contributed by atoms with Gasteiger partial charge < -0.3 is 0 Å². The Morgan fingerprint density at radius 1 is 1.29 bits per heavy atom. The predicted octanol–water partition coefficient (Wildman–Crippen LogP) is 3.31. The zero-order valence-electron chi connectivity index (χ0n) is 9.34. The lowest BCUT2D eigenvalue weighted by molar-refractivity contribution is 0.0978. The van der Waals surface area contributed by atoms with Crippen molar-refractivity contribution in [1.82, 2.24) is 9.78 Å². The van der Waals surface area contributed by atoms with E-state index in [9.17, 15) is 4.79 Å². The Hall–Kier alpha value is -1.42. The molecule has 0 bridgehead atoms. The molecule has 2 aromatic rings. The molecular weight excluding hydrogens is 280 g/mol. The largest absolute Gasteiger partial charge is 0.294 e. The second-order valence-electron chi connectivity index (χ2n) is 3.80. The van der Waals surface area contributed by atoms with Crippen LogP contribution in [0, 0.1) is 0 Å². The molecule has 0 saturated heterocycles. The highest BCUT2D eigenvalue weighted by Gasteiger charge is 2.05. The topological polar surface area (TPSA) is 34.9 Å². The maximum atomic E-state index is 11.8. The minimum Gasteiger partial charge on any atom is -0.294 e. The van der Waals surface area contributed by atoms with Gasteiger partial charge in [-0.25, -0.2) is 0 Å². The van der Waals surface area contributed by atoms with Crippen molar-refractivity contribution in [3.8, 4) is 0 Å². The number of benzene rings is 1. The van der Waals surface area contributed by atoms with E-state index in [4.69, 9.17) is 0 Å². The van der Waals surface area contributed by atoms with E-state index in [0.717, 1.165) is 23.0 Å². The molecule has 0 fully saturated rings. The molecule has 2 rings (SSSR count). The number of hydrogen-bond donors (Lipinski definition) is 0. The van der Waals surface area contributed by atoms with Crippen molar-refractivity contribution < 1.29 is 4.79 Å². The van der Waals surface area contributed by atoms with Gasteiger partial charge in [-0.3, -0.25) is 9.48 Å². The third-order valence-electron chi connectivity index (χ3n) is 2.52. The molecule has 88 valence electrons. The molecule has 1 aromatic carbocycles. The Morgan fingerprint density at radius 2 is 2.06 bits per heavy atom. The van der Waals surface area contributed by atoms with Crippen LogP contribution in [-0.4, -0.2) is 15.6 Å². The fourth-order valence-corrected chi connectivity index (χ4v) is 1.88. The Morgan fingerprint density at radius 3 is 2.71 bits per heavy atom. The van der Waals surface area contributed by atoms with Crippen molar-refractivity contribution in [1.29, 1.82) is 0 Å². The zero-order chi connectivity index (χ0) is 12.1. The first kappa shape index (κ1) is 12.0. The van der Waals surface area contributed by atoms with Crippen molar-refractivity contribution >= 4 is 21.7 Å². The maximum Gasteiger partial charge on any atom is 0.162 e. The van der Waals surface area contributed by atoms with E-state index >= 15 is 0 Å². The van der Waals surface area contributed by atoms with E-state index in [-0.39, 0.29) is 5.78 Å². The summed E-state index contributed by atoms with van der Waals surface area (Å²) < 4.78 is 2.83. The molecule has 0 N–H and O–H groups in total. The number of Topliss-reactive ketones (excluding diaryl/α,β-unsaturated/α-hetero) is 1. The highest BCUT2D eigenvalue weighted by Crippen LogP contribution is 2.12. The Kier molecular flexibility index (Phi) is 4.09. The van der Waals surface area contributed by atoms with E-state index in [1.54, 1.807) is 6.20 Å². The molecule has 0 saturated carbocycles. The number of carbonyl (C=O) groups is 1. The first-order valence-electron chi connectivity index (χ1n) is 5.52. The summed E-state index contributed by atoms with van der Waals surface area (Å²) in [6.07, 6.45) is 5.03. The quantitative estimate of drug-likeness (QED) is 0.793. The molecule has 0 aliphatic rings. The molecule has 1 heterocycles. The van der Waals surface area contributed by atoms with E-state index in [1.165, 1.54) is 0 Å². The highest BCUT2D eigenvalue weighted by molar-refractivity contribution is 9.10. The standard InChI is InChI=1S/C13H13BrN2O/c14-12-6-4-11(5-7-12)13(17)3-1-9-16-10-2-8-15-16/h2,4-8,10H,1,3,9H2. The lowest BCUT2D eigenvalue weighted by atomic mass is 10.1. The molecule has 0 amide bonds. The average molecular weight is 293 g/mol. The van der Waals surface area contributed by atoms with Crippen LogP contribution in [0.15, 0.2) is 47.2 Å². The van der Waals surface area contributed by atoms with Crippen LogP contribution in [0.1, 0.15) is 23.2 Å². The van der Waals surface area contributed by atoms with Crippen molar-refractivity contribution in [3.63, 3.8) is 0 Å². The van der Waals surface area contributed by atoms with Crippen LogP contribution in [-0.2, 0) is 6.54 Å². The monoisotopic (exact) mass is 292 g/mol. The number of hydrogen-bond acceptors (Lipinski definition) is 2. The summed E-state index contributed by atoms with van der Waals surface area (Å²) in [6.45, 7) is 0.787. The summed E-state index contributed by atoms with van der Waals surface area (Å²) in [5.74, 6) is 0.185. The number of rotatable bonds is 5. The molecule has 3 nitrogen and oxygen atoms in total. The third-order valence-corrected chi connectivity index (χ3v) is 3.05. The molecule has 0 aliphatic carbocycles. The molecule has 0 radical (unpaired) electrons. The summed E-state index contributed by atoms with van der Waals surface area (Å²) >= 11 is 3.35. The SMILES string of the molecule is O=C(CCCn1cccn1)c1ccc(Br)cc1. The molecule has 0 spiro atoms. The van der Waals surface area contributed by atoms with Crippen LogP contribution in [0.2, 0.25) is 0 Å². The molecule has 0 atom stereocenters. The first-order chi connectivity index (χ1) is 8.25. The molecular formula is C13H13BrN2O. The number of ketones is 1. The first-order valence-corrected chi connectivity index (χ1v) is 6.31. The normalized spacial score (nSPS) is 10.4. The van der Waals surface area contributed by atoms with Gasteiger partial charge in [0.15, 0.2) is 5.78 Å². The van der Waals surface area contributed by atoms with Gasteiger partial charge in [0.05, 0.1) is 0 Å². The average Bonchev–Trinajstić information content (AvgIpc) is 2.83. The van der Waals surface area contributed by atoms with Crippen LogP contribution < -0.4 is 0 Å². The zero-order valence-corrected chi connectivity index (χ0v) is 10.9. The van der Waals surface area contributed by atoms with E-state index in [0.29, 0.717) is 6.42 Å². The van der Waals surface area contributed by atoms with Gasteiger partial charge in [-0.2, -0.15) is 5.10 Å². The number of aryl methyl sites for hydroxylation is 1. The summed E-state index contributed by atoms with van der Waals surface area (Å²) in [7, 11) is 0. The predicted molar refractivity (Wildman–Crippen MR) is 69.9 cm³/mol. The maximum absolute atomic E-state index is 11.8. The summed E-state index contributed by atoms with van der Waals surface area (Å²) in [5.41, 5.74) is 0.772. The third kappa shape index (κ3) is 3.53. The van der Waals surface area contributed by atoms with Gasteiger partial charge in [0.25, 0.3) is 0 Å². The van der Waals surface area contributed by atoms with Gasteiger partial charge in [-0.1, -0.05) is 28.1 Å². The minimum atomic E-state index is 0.185. The van der Waals surface area contributed by atoms with Gasteiger partial charge in [-0.15, -0.1) is 0 Å². The number of aromatic nitrogens is 2. The van der Waals surface area contributed by atoms with E-state index < -0.39 is 0 Å².